The van der Waals surface area contributed by atoms with Crippen LogP contribution in [0.3, 0.4) is 0 Å². The molecule has 0 aromatic heterocycles. The number of nitrogens with one attached hydrogen (secondary N) is 1. The number of amides is 1. The maximum absolute atomic E-state index is 11.8. The largest absolute Gasteiger partial charge is 0.397 e. The summed E-state index contributed by atoms with van der Waals surface area (Å²) >= 11 is 0. The molecular weight excluding hydrogens is 242 g/mol. The molecule has 0 saturated carbocycles. The summed E-state index contributed by atoms with van der Waals surface area (Å²) in [6.45, 7) is 4.08. The van der Waals surface area contributed by atoms with Crippen LogP contribution >= 0.6 is 0 Å². The van der Waals surface area contributed by atoms with Crippen LogP contribution in [-0.2, 0) is 0 Å². The van der Waals surface area contributed by atoms with Gasteiger partial charge in [-0.1, -0.05) is 13.8 Å². The van der Waals surface area contributed by atoms with E-state index in [1.165, 1.54) is 4.90 Å². The minimum Gasteiger partial charge on any atom is -0.397 e. The molecule has 106 valence electrons. The Hall–Kier alpha value is -1.75. The Kier molecular flexibility index (Phi) is 5.18. The zero-order chi connectivity index (χ0) is 14.6. The van der Waals surface area contributed by atoms with Gasteiger partial charge in [0.15, 0.2) is 0 Å². The van der Waals surface area contributed by atoms with Crippen LogP contribution in [0, 0.1) is 5.92 Å². The highest BCUT2D eigenvalue weighted by atomic mass is 16.3. The average Bonchev–Trinajstić information content (AvgIpc) is 2.35. The molecule has 1 atom stereocenters. The predicted molar refractivity (Wildman–Crippen MR) is 78.2 cm³/mol. The first-order chi connectivity index (χ1) is 8.86. The van der Waals surface area contributed by atoms with Gasteiger partial charge in [-0.2, -0.15) is 0 Å². The van der Waals surface area contributed by atoms with E-state index >= 15 is 0 Å². The molecule has 0 spiro atoms. The molecule has 4 N–H and O–H groups in total. The summed E-state index contributed by atoms with van der Waals surface area (Å²) in [5.74, 6) is 0.202. The van der Waals surface area contributed by atoms with Crippen LogP contribution in [0.1, 0.15) is 24.2 Å². The van der Waals surface area contributed by atoms with Crippen molar-refractivity contribution in [1.82, 2.24) is 4.90 Å². The molecule has 1 aromatic carbocycles. The molecule has 0 aliphatic carbocycles. The minimum atomic E-state index is -0.0826. The third kappa shape index (κ3) is 3.86. The smallest absolute Gasteiger partial charge is 0.253 e. The van der Waals surface area contributed by atoms with Crippen molar-refractivity contribution in [2.45, 2.75) is 19.9 Å². The molecule has 5 nitrogen and oxygen atoms in total. The Labute approximate surface area is 114 Å². The van der Waals surface area contributed by atoms with Crippen LogP contribution in [0.25, 0.3) is 0 Å². The maximum Gasteiger partial charge on any atom is 0.253 e. The fourth-order valence-electron chi connectivity index (χ4n) is 1.71. The van der Waals surface area contributed by atoms with Gasteiger partial charge in [0.05, 0.1) is 24.0 Å². The number of nitrogens with two attached hydrogens (primary N) is 1. The first-order valence-electron chi connectivity index (χ1n) is 6.35. The van der Waals surface area contributed by atoms with Gasteiger partial charge in [-0.05, 0) is 24.1 Å². The number of carbonyl (C=O) groups excluding carboxylic acids is 1. The topological polar surface area (TPSA) is 78.6 Å². The lowest BCUT2D eigenvalue weighted by Crippen LogP contribution is -2.30. The van der Waals surface area contributed by atoms with Crippen LogP contribution in [0.15, 0.2) is 18.2 Å². The molecule has 0 saturated heterocycles. The number of hydrogen-bond donors (Lipinski definition) is 3. The van der Waals surface area contributed by atoms with Gasteiger partial charge in [-0.3, -0.25) is 4.79 Å². The summed E-state index contributed by atoms with van der Waals surface area (Å²) in [5, 5.41) is 12.5. The molecule has 1 amide bonds. The Bertz CT molecular complexity index is 444. The molecule has 0 radical (unpaired) electrons. The molecule has 0 fully saturated rings. The predicted octanol–water partition coefficient (Wildman–Crippen LogP) is 1.40. The zero-order valence-electron chi connectivity index (χ0n) is 12.0. The van der Waals surface area contributed by atoms with Crippen molar-refractivity contribution in [3.63, 3.8) is 0 Å². The van der Waals surface area contributed by atoms with E-state index in [1.807, 2.05) is 13.8 Å². The molecule has 19 heavy (non-hydrogen) atoms. The Morgan fingerprint density at radius 3 is 2.47 bits per heavy atom. The molecule has 5 heteroatoms. The minimum absolute atomic E-state index is 0.0372. The van der Waals surface area contributed by atoms with E-state index in [0.717, 1.165) is 5.69 Å². The van der Waals surface area contributed by atoms with Gasteiger partial charge in [0, 0.05) is 19.7 Å². The van der Waals surface area contributed by atoms with E-state index in [1.54, 1.807) is 32.3 Å². The lowest BCUT2D eigenvalue weighted by Gasteiger charge is -2.22. The van der Waals surface area contributed by atoms with Crippen molar-refractivity contribution >= 4 is 17.3 Å². The van der Waals surface area contributed by atoms with Crippen LogP contribution in [0.5, 0.6) is 0 Å². The van der Waals surface area contributed by atoms with Gasteiger partial charge < -0.3 is 21.1 Å². The lowest BCUT2D eigenvalue weighted by atomic mass is 10.0. The van der Waals surface area contributed by atoms with Crippen LogP contribution < -0.4 is 11.1 Å². The van der Waals surface area contributed by atoms with Crippen LogP contribution in [0.2, 0.25) is 0 Å². The SMILES string of the molecule is CC(C)C(CO)Nc1ccc(C(=O)N(C)C)cc1N. The van der Waals surface area contributed by atoms with E-state index in [4.69, 9.17) is 5.73 Å². The first kappa shape index (κ1) is 15.3. The molecular formula is C14H23N3O2. The van der Waals surface area contributed by atoms with Crippen LogP contribution in [0.4, 0.5) is 11.4 Å². The molecule has 1 unspecified atom stereocenters. The third-order valence-electron chi connectivity index (χ3n) is 3.05. The highest BCUT2D eigenvalue weighted by Gasteiger charge is 2.14. The lowest BCUT2D eigenvalue weighted by molar-refractivity contribution is 0.0827. The number of hydrogen-bond acceptors (Lipinski definition) is 4. The second kappa shape index (κ2) is 6.43. The Balaban J connectivity index is 2.91. The summed E-state index contributed by atoms with van der Waals surface area (Å²) in [4.78, 5) is 13.3. The van der Waals surface area contributed by atoms with Crippen molar-refractivity contribution in [3.05, 3.63) is 23.8 Å². The Morgan fingerprint density at radius 2 is 2.05 bits per heavy atom. The van der Waals surface area contributed by atoms with Gasteiger partial charge in [-0.25, -0.2) is 0 Å². The quantitative estimate of drug-likeness (QED) is 0.703. The summed E-state index contributed by atoms with van der Waals surface area (Å²) in [6, 6.07) is 5.10. The second-order valence-corrected chi connectivity index (χ2v) is 5.18. The second-order valence-electron chi connectivity index (χ2n) is 5.18. The summed E-state index contributed by atoms with van der Waals surface area (Å²) < 4.78 is 0. The number of anilines is 2. The molecule has 1 rings (SSSR count). The third-order valence-corrected chi connectivity index (χ3v) is 3.05. The zero-order valence-corrected chi connectivity index (χ0v) is 12.0. The number of nitrogen functional groups attached to an aromatic ring is 1. The number of aliphatic hydroxyl groups is 1. The van der Waals surface area contributed by atoms with Crippen LogP contribution in [-0.4, -0.2) is 42.7 Å². The van der Waals surface area contributed by atoms with Gasteiger partial charge in [0.2, 0.25) is 0 Å². The summed E-state index contributed by atoms with van der Waals surface area (Å²) in [5.41, 5.74) is 7.75. The van der Waals surface area contributed by atoms with Crippen molar-refractivity contribution in [1.29, 1.82) is 0 Å². The summed E-state index contributed by atoms with van der Waals surface area (Å²) in [6.07, 6.45) is 0. The highest BCUT2D eigenvalue weighted by molar-refractivity contribution is 5.95. The van der Waals surface area contributed by atoms with Crippen molar-refractivity contribution < 1.29 is 9.90 Å². The van der Waals surface area contributed by atoms with E-state index < -0.39 is 0 Å². The molecule has 0 heterocycles. The van der Waals surface area contributed by atoms with Gasteiger partial charge in [0.25, 0.3) is 5.91 Å². The van der Waals surface area contributed by atoms with Crippen molar-refractivity contribution in [2.75, 3.05) is 31.8 Å². The fraction of sp³-hybridized carbons (Fsp3) is 0.500. The molecule has 0 bridgehead atoms. The van der Waals surface area contributed by atoms with E-state index in [0.29, 0.717) is 11.3 Å². The van der Waals surface area contributed by atoms with Crippen molar-refractivity contribution in [3.8, 4) is 0 Å². The normalized spacial score (nSPS) is 12.3. The number of carbonyl (C=O) groups is 1. The Morgan fingerprint density at radius 1 is 1.42 bits per heavy atom. The van der Waals surface area contributed by atoms with Gasteiger partial charge >= 0.3 is 0 Å². The van der Waals surface area contributed by atoms with Gasteiger partial charge in [-0.15, -0.1) is 0 Å². The molecule has 1 aromatic rings. The molecule has 0 aliphatic heterocycles. The number of aliphatic hydroxyl groups excluding tert-OH is 1. The van der Waals surface area contributed by atoms with E-state index in [2.05, 4.69) is 5.32 Å². The monoisotopic (exact) mass is 265 g/mol. The number of rotatable bonds is 5. The van der Waals surface area contributed by atoms with E-state index in [-0.39, 0.29) is 24.5 Å². The number of benzene rings is 1. The highest BCUT2D eigenvalue weighted by Crippen LogP contribution is 2.22. The average molecular weight is 265 g/mol. The molecule has 0 aliphatic rings. The van der Waals surface area contributed by atoms with Gasteiger partial charge in [0.1, 0.15) is 0 Å². The maximum atomic E-state index is 11.8. The summed E-state index contributed by atoms with van der Waals surface area (Å²) in [7, 11) is 3.40. The standard InChI is InChI=1S/C14H23N3O2/c1-9(2)13(8-18)16-12-6-5-10(7-11(12)15)14(19)17(3)4/h5-7,9,13,16,18H,8,15H2,1-4H3. The fourth-order valence-corrected chi connectivity index (χ4v) is 1.71. The number of nitrogens with zero attached hydrogens (tertiary/aromatic N) is 1. The first-order valence-corrected chi connectivity index (χ1v) is 6.35. The van der Waals surface area contributed by atoms with E-state index in [9.17, 15) is 9.90 Å². The van der Waals surface area contributed by atoms with Crippen molar-refractivity contribution in [2.24, 2.45) is 5.92 Å².